The lowest BCUT2D eigenvalue weighted by Gasteiger charge is -2.15. The van der Waals surface area contributed by atoms with Crippen molar-refractivity contribution in [2.75, 3.05) is 0 Å². The molecule has 104 valence electrons. The molecule has 1 aromatic carbocycles. The molecule has 1 aliphatic rings. The Bertz CT molecular complexity index is 831. The van der Waals surface area contributed by atoms with E-state index in [-0.39, 0.29) is 5.91 Å². The van der Waals surface area contributed by atoms with E-state index in [4.69, 9.17) is 0 Å². The molecule has 1 N–H and O–H groups in total. The predicted octanol–water partition coefficient (Wildman–Crippen LogP) is 2.28. The van der Waals surface area contributed by atoms with Crippen LogP contribution in [0.3, 0.4) is 0 Å². The number of fused-ring (bicyclic) bond motifs is 3. The minimum atomic E-state index is -0.869. The van der Waals surface area contributed by atoms with Crippen LogP contribution in [0.4, 0.5) is 0 Å². The average molecular weight is 297 g/mol. The van der Waals surface area contributed by atoms with E-state index >= 15 is 0 Å². The number of rotatable bonds is 2. The zero-order chi connectivity index (χ0) is 14.4. The summed E-state index contributed by atoms with van der Waals surface area (Å²) in [7, 11) is 0. The summed E-state index contributed by atoms with van der Waals surface area (Å²) in [4.78, 5) is 21.0. The molecule has 2 atom stereocenters. The number of hydrogen-bond acceptors (Lipinski definition) is 5. The lowest BCUT2D eigenvalue weighted by atomic mass is 10.1. The van der Waals surface area contributed by atoms with Crippen molar-refractivity contribution in [1.82, 2.24) is 14.5 Å². The molecule has 3 heterocycles. The van der Waals surface area contributed by atoms with Crippen LogP contribution in [0.15, 0.2) is 53.9 Å². The fourth-order valence-corrected chi connectivity index (χ4v) is 3.69. The van der Waals surface area contributed by atoms with Crippen LogP contribution in [0.5, 0.6) is 0 Å². The molecule has 0 spiro atoms. The fraction of sp³-hybridized carbons (Fsp3) is 0.133. The Hall–Kier alpha value is -2.18. The van der Waals surface area contributed by atoms with Crippen molar-refractivity contribution in [2.24, 2.45) is 0 Å². The quantitative estimate of drug-likeness (QED) is 0.786. The van der Waals surface area contributed by atoms with Crippen LogP contribution in [-0.4, -0.2) is 30.8 Å². The maximum absolute atomic E-state index is 12.6. The predicted molar refractivity (Wildman–Crippen MR) is 79.2 cm³/mol. The van der Waals surface area contributed by atoms with Gasteiger partial charge in [-0.15, -0.1) is 0 Å². The van der Waals surface area contributed by atoms with Crippen molar-refractivity contribution in [2.45, 2.75) is 16.5 Å². The van der Waals surface area contributed by atoms with Crippen molar-refractivity contribution < 1.29 is 9.90 Å². The third-order valence-electron chi connectivity index (χ3n) is 3.56. The van der Waals surface area contributed by atoms with E-state index in [2.05, 4.69) is 9.97 Å². The van der Waals surface area contributed by atoms with Gasteiger partial charge in [0.25, 0.3) is 0 Å². The summed E-state index contributed by atoms with van der Waals surface area (Å²) in [6, 6.07) is 11.0. The highest BCUT2D eigenvalue weighted by atomic mass is 32.2. The number of hydrogen-bond donors (Lipinski definition) is 1. The van der Waals surface area contributed by atoms with E-state index in [0.29, 0.717) is 10.7 Å². The Balaban J connectivity index is 1.74. The van der Waals surface area contributed by atoms with Gasteiger partial charge < -0.3 is 5.11 Å². The van der Waals surface area contributed by atoms with Gasteiger partial charge in [-0.3, -0.25) is 14.3 Å². The van der Waals surface area contributed by atoms with Crippen molar-refractivity contribution >= 4 is 28.7 Å². The van der Waals surface area contributed by atoms with Crippen LogP contribution < -0.4 is 0 Å². The van der Waals surface area contributed by atoms with Gasteiger partial charge in [0.2, 0.25) is 5.91 Å². The molecule has 0 aliphatic carbocycles. The number of aliphatic hydroxyl groups excluding tert-OH is 1. The summed E-state index contributed by atoms with van der Waals surface area (Å²) in [5.41, 5.74) is 2.27. The molecule has 0 saturated heterocycles. The first kappa shape index (κ1) is 12.6. The highest BCUT2D eigenvalue weighted by molar-refractivity contribution is 8.01. The number of nitrogens with zero attached hydrogens (tertiary/aromatic N) is 3. The second-order valence-electron chi connectivity index (χ2n) is 4.82. The molecule has 0 amide bonds. The first-order valence-corrected chi connectivity index (χ1v) is 7.40. The van der Waals surface area contributed by atoms with E-state index in [0.717, 1.165) is 11.0 Å². The molecular weight excluding hydrogens is 286 g/mol. The summed E-state index contributed by atoms with van der Waals surface area (Å²) in [5, 5.41) is 10.5. The van der Waals surface area contributed by atoms with Crippen molar-refractivity contribution in [1.29, 1.82) is 0 Å². The van der Waals surface area contributed by atoms with Gasteiger partial charge in [-0.1, -0.05) is 23.9 Å². The normalized spacial score (nSPS) is 18.9. The number of para-hydroxylation sites is 2. The van der Waals surface area contributed by atoms with E-state index in [1.165, 1.54) is 11.8 Å². The van der Waals surface area contributed by atoms with E-state index in [1.807, 2.05) is 24.3 Å². The number of imidazole rings is 1. The number of carbonyl (C=O) groups is 1. The molecule has 1 aliphatic heterocycles. The number of thioether (sulfide) groups is 1. The van der Waals surface area contributed by atoms with Crippen LogP contribution in [0.1, 0.15) is 16.5 Å². The largest absolute Gasteiger partial charge is 0.387 e. The SMILES string of the molecule is O=C1C(C(O)c2ccncc2)Sc2nc3ccccc3n21. The Morgan fingerprint density at radius 1 is 1.19 bits per heavy atom. The molecule has 5 nitrogen and oxygen atoms in total. The highest BCUT2D eigenvalue weighted by Crippen LogP contribution is 2.40. The minimum Gasteiger partial charge on any atom is -0.387 e. The van der Waals surface area contributed by atoms with Crippen molar-refractivity contribution in [3.05, 3.63) is 54.4 Å². The highest BCUT2D eigenvalue weighted by Gasteiger charge is 2.39. The van der Waals surface area contributed by atoms with E-state index in [9.17, 15) is 9.90 Å². The lowest BCUT2D eigenvalue weighted by Crippen LogP contribution is -2.24. The summed E-state index contributed by atoms with van der Waals surface area (Å²) in [5.74, 6) is -0.131. The first-order valence-electron chi connectivity index (χ1n) is 6.52. The topological polar surface area (TPSA) is 68.0 Å². The molecule has 0 fully saturated rings. The zero-order valence-corrected chi connectivity index (χ0v) is 11.7. The van der Waals surface area contributed by atoms with Gasteiger partial charge in [0.15, 0.2) is 5.16 Å². The molecule has 0 radical (unpaired) electrons. The number of carbonyl (C=O) groups excluding carboxylic acids is 1. The molecule has 0 bridgehead atoms. The van der Waals surface area contributed by atoms with Gasteiger partial charge >= 0.3 is 0 Å². The van der Waals surface area contributed by atoms with Crippen LogP contribution in [0, 0.1) is 0 Å². The van der Waals surface area contributed by atoms with Gasteiger partial charge in [0.05, 0.1) is 11.0 Å². The third kappa shape index (κ3) is 1.87. The van der Waals surface area contributed by atoms with Gasteiger partial charge in [-0.05, 0) is 29.8 Å². The summed E-state index contributed by atoms with van der Waals surface area (Å²) in [6.45, 7) is 0. The number of benzene rings is 1. The minimum absolute atomic E-state index is 0.131. The standard InChI is InChI=1S/C15H11N3O2S/c19-12(9-5-7-16-8-6-9)13-14(20)18-11-4-2-1-3-10(11)17-15(18)21-13/h1-8,12-13,19H. The fourth-order valence-electron chi connectivity index (χ4n) is 2.52. The summed E-state index contributed by atoms with van der Waals surface area (Å²) < 4.78 is 1.59. The Morgan fingerprint density at radius 2 is 1.95 bits per heavy atom. The first-order chi connectivity index (χ1) is 10.3. The Kier molecular flexibility index (Phi) is 2.80. The molecular formula is C15H11N3O2S. The average Bonchev–Trinajstić information content (AvgIpc) is 3.04. The van der Waals surface area contributed by atoms with Crippen molar-refractivity contribution in [3.8, 4) is 0 Å². The lowest BCUT2D eigenvalue weighted by molar-refractivity contribution is 0.0826. The second kappa shape index (κ2) is 4.68. The molecule has 2 unspecified atom stereocenters. The van der Waals surface area contributed by atoms with Gasteiger partial charge in [-0.25, -0.2) is 4.98 Å². The Labute approximate surface area is 124 Å². The number of aromatic nitrogens is 3. The molecule has 2 aromatic heterocycles. The molecule has 6 heteroatoms. The van der Waals surface area contributed by atoms with Crippen LogP contribution >= 0.6 is 11.8 Å². The van der Waals surface area contributed by atoms with E-state index < -0.39 is 11.4 Å². The van der Waals surface area contributed by atoms with Crippen LogP contribution in [0.25, 0.3) is 11.0 Å². The van der Waals surface area contributed by atoms with Gasteiger partial charge in [-0.2, -0.15) is 0 Å². The maximum Gasteiger partial charge on any atom is 0.249 e. The summed E-state index contributed by atoms with van der Waals surface area (Å²) in [6.07, 6.45) is 2.35. The van der Waals surface area contributed by atoms with Gasteiger partial charge in [0.1, 0.15) is 11.4 Å². The number of aliphatic hydroxyl groups is 1. The monoisotopic (exact) mass is 297 g/mol. The second-order valence-corrected chi connectivity index (χ2v) is 5.93. The molecule has 4 rings (SSSR count). The Morgan fingerprint density at radius 3 is 2.76 bits per heavy atom. The zero-order valence-electron chi connectivity index (χ0n) is 10.9. The number of pyridine rings is 1. The molecule has 0 saturated carbocycles. The van der Waals surface area contributed by atoms with Crippen LogP contribution in [-0.2, 0) is 0 Å². The maximum atomic E-state index is 12.6. The van der Waals surface area contributed by atoms with E-state index in [1.54, 1.807) is 29.1 Å². The third-order valence-corrected chi connectivity index (χ3v) is 4.76. The molecule has 3 aromatic rings. The van der Waals surface area contributed by atoms with Crippen molar-refractivity contribution in [3.63, 3.8) is 0 Å². The van der Waals surface area contributed by atoms with Gasteiger partial charge in [0, 0.05) is 12.4 Å². The van der Waals surface area contributed by atoms with Crippen LogP contribution in [0.2, 0.25) is 0 Å². The summed E-state index contributed by atoms with van der Waals surface area (Å²) >= 11 is 1.30. The smallest absolute Gasteiger partial charge is 0.249 e. The molecule has 21 heavy (non-hydrogen) atoms.